The van der Waals surface area contributed by atoms with Crippen molar-refractivity contribution in [1.82, 2.24) is 9.55 Å². The first-order valence-corrected chi connectivity index (χ1v) is 5.83. The van der Waals surface area contributed by atoms with Crippen LogP contribution in [0.15, 0.2) is 36.7 Å². The number of hydrogen-bond donors (Lipinski definition) is 1. The Morgan fingerprint density at radius 2 is 2.00 bits per heavy atom. The second kappa shape index (κ2) is 5.62. The van der Waals surface area contributed by atoms with Gasteiger partial charge in [0.1, 0.15) is 5.82 Å². The van der Waals surface area contributed by atoms with Crippen LogP contribution in [0.1, 0.15) is 24.9 Å². The molecule has 96 valence electrons. The number of anilines is 1. The lowest BCUT2D eigenvalue weighted by Gasteiger charge is -2.09. The van der Waals surface area contributed by atoms with Gasteiger partial charge in [0.25, 0.3) is 0 Å². The molecule has 0 aliphatic carbocycles. The molecule has 0 fully saturated rings. The molecule has 1 heterocycles. The van der Waals surface area contributed by atoms with Gasteiger partial charge in [-0.25, -0.2) is 4.98 Å². The number of aryl methyl sites for hydroxylation is 1. The van der Waals surface area contributed by atoms with Crippen LogP contribution in [-0.4, -0.2) is 9.55 Å². The molecule has 0 saturated heterocycles. The molecule has 1 N–H and O–H groups in total. The highest BCUT2D eigenvalue weighted by atomic mass is 19.3. The number of halogens is 2. The highest BCUT2D eigenvalue weighted by Crippen LogP contribution is 2.15. The molecular formula is C13H15F2N3. The summed E-state index contributed by atoms with van der Waals surface area (Å²) in [5, 5.41) is 3.08. The summed E-state index contributed by atoms with van der Waals surface area (Å²) >= 11 is 0. The van der Waals surface area contributed by atoms with Crippen LogP contribution in [0.3, 0.4) is 0 Å². The molecule has 0 saturated carbocycles. The highest BCUT2D eigenvalue weighted by molar-refractivity contribution is 5.44. The van der Waals surface area contributed by atoms with Crippen molar-refractivity contribution in [2.75, 3.05) is 5.32 Å². The van der Waals surface area contributed by atoms with Crippen molar-refractivity contribution in [2.24, 2.45) is 0 Å². The first-order chi connectivity index (χ1) is 8.70. The molecule has 0 unspecified atom stereocenters. The summed E-state index contributed by atoms with van der Waals surface area (Å²) in [7, 11) is 0. The van der Waals surface area contributed by atoms with Gasteiger partial charge >= 0.3 is 6.55 Å². The minimum atomic E-state index is -2.55. The predicted octanol–water partition coefficient (Wildman–Crippen LogP) is 3.45. The normalized spacial score (nSPS) is 10.9. The Hall–Kier alpha value is -1.91. The van der Waals surface area contributed by atoms with Gasteiger partial charge < -0.3 is 5.32 Å². The second-order valence-corrected chi connectivity index (χ2v) is 3.93. The van der Waals surface area contributed by atoms with Gasteiger partial charge in [0.15, 0.2) is 0 Å². The topological polar surface area (TPSA) is 29.9 Å². The Kier molecular flexibility index (Phi) is 3.92. The molecule has 0 aliphatic heterocycles. The molecule has 0 bridgehead atoms. The molecule has 5 heteroatoms. The zero-order valence-electron chi connectivity index (χ0n) is 10.1. The van der Waals surface area contributed by atoms with Crippen molar-refractivity contribution in [1.29, 1.82) is 0 Å². The van der Waals surface area contributed by atoms with Crippen molar-refractivity contribution in [3.05, 3.63) is 48.0 Å². The number of rotatable bonds is 5. The van der Waals surface area contributed by atoms with Gasteiger partial charge in [0, 0.05) is 18.1 Å². The van der Waals surface area contributed by atoms with E-state index in [9.17, 15) is 8.78 Å². The Morgan fingerprint density at radius 3 is 2.61 bits per heavy atom. The third-order valence-electron chi connectivity index (χ3n) is 2.77. The summed E-state index contributed by atoms with van der Waals surface area (Å²) in [5.41, 5.74) is 2.14. The van der Waals surface area contributed by atoms with E-state index in [4.69, 9.17) is 0 Å². The van der Waals surface area contributed by atoms with Crippen LogP contribution in [0.4, 0.5) is 14.5 Å². The van der Waals surface area contributed by atoms with Gasteiger partial charge in [0.05, 0.1) is 6.54 Å². The van der Waals surface area contributed by atoms with Crippen LogP contribution in [0.2, 0.25) is 0 Å². The maximum Gasteiger partial charge on any atom is 0.319 e. The lowest BCUT2D eigenvalue weighted by Crippen LogP contribution is -2.08. The summed E-state index contributed by atoms with van der Waals surface area (Å²) in [6.45, 7) is -0.184. The van der Waals surface area contributed by atoms with Gasteiger partial charge in [-0.1, -0.05) is 19.1 Å². The molecule has 3 nitrogen and oxygen atoms in total. The van der Waals surface area contributed by atoms with Crippen LogP contribution < -0.4 is 5.32 Å². The average Bonchev–Trinajstić information content (AvgIpc) is 2.85. The van der Waals surface area contributed by atoms with Crippen molar-refractivity contribution < 1.29 is 8.78 Å². The van der Waals surface area contributed by atoms with Gasteiger partial charge in [-0.15, -0.1) is 0 Å². The van der Waals surface area contributed by atoms with Gasteiger partial charge in [-0.2, -0.15) is 8.78 Å². The first-order valence-electron chi connectivity index (χ1n) is 5.83. The van der Waals surface area contributed by atoms with E-state index in [1.807, 2.05) is 24.3 Å². The smallest absolute Gasteiger partial charge is 0.319 e. The summed E-state index contributed by atoms with van der Waals surface area (Å²) in [6, 6.07) is 7.91. The van der Waals surface area contributed by atoms with Crippen molar-refractivity contribution in [2.45, 2.75) is 26.4 Å². The van der Waals surface area contributed by atoms with Crippen LogP contribution in [0.25, 0.3) is 0 Å². The number of nitrogens with one attached hydrogen (secondary N) is 1. The zero-order valence-corrected chi connectivity index (χ0v) is 10.1. The SMILES string of the molecule is CCc1ccc(NCc2nccn2C(F)F)cc1. The third-order valence-corrected chi connectivity index (χ3v) is 2.77. The Labute approximate surface area is 104 Å². The number of aromatic nitrogens is 2. The van der Waals surface area contributed by atoms with E-state index in [1.165, 1.54) is 18.0 Å². The third kappa shape index (κ3) is 2.85. The monoisotopic (exact) mass is 251 g/mol. The Bertz CT molecular complexity index is 491. The Morgan fingerprint density at radius 1 is 1.28 bits per heavy atom. The molecule has 1 aromatic heterocycles. The van der Waals surface area contributed by atoms with Crippen LogP contribution in [0, 0.1) is 0 Å². The second-order valence-electron chi connectivity index (χ2n) is 3.93. The minimum absolute atomic E-state index is 0.281. The van der Waals surface area contributed by atoms with Crippen molar-refractivity contribution in [3.8, 4) is 0 Å². The van der Waals surface area contributed by atoms with E-state index < -0.39 is 6.55 Å². The van der Waals surface area contributed by atoms with Crippen molar-refractivity contribution in [3.63, 3.8) is 0 Å². The molecule has 1 aromatic carbocycles. The van der Waals surface area contributed by atoms with Gasteiger partial charge in [0.2, 0.25) is 0 Å². The van der Waals surface area contributed by atoms with E-state index in [2.05, 4.69) is 17.2 Å². The summed E-state index contributed by atoms with van der Waals surface area (Å²) < 4.78 is 26.0. The quantitative estimate of drug-likeness (QED) is 0.882. The number of hydrogen-bond acceptors (Lipinski definition) is 2. The number of imidazole rings is 1. The minimum Gasteiger partial charge on any atom is -0.378 e. The van der Waals surface area contributed by atoms with E-state index >= 15 is 0 Å². The molecule has 0 radical (unpaired) electrons. The number of nitrogens with zero attached hydrogens (tertiary/aromatic N) is 2. The summed E-state index contributed by atoms with van der Waals surface area (Å²) in [4.78, 5) is 3.91. The summed E-state index contributed by atoms with van der Waals surface area (Å²) in [6.07, 6.45) is 3.64. The van der Waals surface area contributed by atoms with Crippen molar-refractivity contribution >= 4 is 5.69 Å². The Balaban J connectivity index is 2.00. The highest BCUT2D eigenvalue weighted by Gasteiger charge is 2.10. The van der Waals surface area contributed by atoms with Crippen LogP contribution >= 0.6 is 0 Å². The largest absolute Gasteiger partial charge is 0.378 e. The van der Waals surface area contributed by atoms with E-state index in [-0.39, 0.29) is 6.54 Å². The fraction of sp³-hybridized carbons (Fsp3) is 0.308. The maximum absolute atomic E-state index is 12.6. The zero-order chi connectivity index (χ0) is 13.0. The fourth-order valence-electron chi connectivity index (χ4n) is 1.70. The standard InChI is InChI=1S/C13H15F2N3/c1-2-10-3-5-11(6-4-10)17-9-12-16-7-8-18(12)13(14)15/h3-8,13,17H,2,9H2,1H3. The lowest BCUT2D eigenvalue weighted by atomic mass is 10.1. The molecule has 2 rings (SSSR count). The number of benzene rings is 1. The van der Waals surface area contributed by atoms with Crippen LogP contribution in [0.5, 0.6) is 0 Å². The van der Waals surface area contributed by atoms with Crippen LogP contribution in [-0.2, 0) is 13.0 Å². The van der Waals surface area contributed by atoms with E-state index in [1.54, 1.807) is 0 Å². The molecule has 0 amide bonds. The molecule has 2 aromatic rings. The summed E-state index contributed by atoms with van der Waals surface area (Å²) in [5.74, 6) is 0.324. The lowest BCUT2D eigenvalue weighted by molar-refractivity contribution is 0.0673. The van der Waals surface area contributed by atoms with Gasteiger partial charge in [-0.3, -0.25) is 4.57 Å². The predicted molar refractivity (Wildman–Crippen MR) is 66.6 cm³/mol. The first kappa shape index (κ1) is 12.5. The molecule has 0 atom stereocenters. The molecule has 0 aliphatic rings. The van der Waals surface area contributed by atoms with Gasteiger partial charge in [-0.05, 0) is 24.1 Å². The molecule has 18 heavy (non-hydrogen) atoms. The molecular weight excluding hydrogens is 236 g/mol. The number of alkyl halides is 2. The van der Waals surface area contributed by atoms with E-state index in [0.29, 0.717) is 5.82 Å². The van der Waals surface area contributed by atoms with E-state index in [0.717, 1.165) is 16.7 Å². The maximum atomic E-state index is 12.6. The average molecular weight is 251 g/mol. The molecule has 0 spiro atoms. The fourth-order valence-corrected chi connectivity index (χ4v) is 1.70.